The highest BCUT2D eigenvalue weighted by Gasteiger charge is 2.49. The second kappa shape index (κ2) is 8.91. The lowest BCUT2D eigenvalue weighted by molar-refractivity contribution is -0.114. The van der Waals surface area contributed by atoms with E-state index in [9.17, 15) is 18.0 Å². The number of hydrazone groups is 1. The monoisotopic (exact) mass is 457 g/mol. The van der Waals surface area contributed by atoms with Crippen LogP contribution in [-0.4, -0.2) is 82.5 Å². The number of amides is 1. The average Bonchev–Trinajstić information content (AvgIpc) is 3.29. The maximum atomic E-state index is 13.8. The molecule has 4 rings (SSSR count). The fourth-order valence-electron chi connectivity index (χ4n) is 3.61. The van der Waals surface area contributed by atoms with Crippen LogP contribution in [0.3, 0.4) is 0 Å². The van der Waals surface area contributed by atoms with E-state index >= 15 is 0 Å². The summed E-state index contributed by atoms with van der Waals surface area (Å²) in [5.74, 6) is -0.823. The molecule has 3 heterocycles. The molecule has 2 aromatic rings. The largest absolute Gasteiger partial charge is 0.436 e. The highest BCUT2D eigenvalue weighted by atomic mass is 32.1. The Morgan fingerprint density at radius 2 is 1.87 bits per heavy atom. The number of fused-ring (bicyclic) bond motifs is 1. The molecule has 2 aliphatic heterocycles. The van der Waals surface area contributed by atoms with Gasteiger partial charge in [0.15, 0.2) is 5.71 Å². The molecule has 12 heteroatoms. The number of nitrogens with zero attached hydrogens (tertiary/aromatic N) is 5. The Kier molecular flexibility index (Phi) is 6.65. The number of carbonyl (C=O) groups excluding carboxylic acids is 1. The third-order valence-electron chi connectivity index (χ3n) is 5.20. The third kappa shape index (κ3) is 4.42. The molecule has 31 heavy (non-hydrogen) atoms. The van der Waals surface area contributed by atoms with E-state index in [1.807, 2.05) is 4.90 Å². The van der Waals surface area contributed by atoms with Crippen LogP contribution < -0.4 is 5.01 Å². The van der Waals surface area contributed by atoms with Crippen molar-refractivity contribution in [3.05, 3.63) is 35.5 Å². The second-order valence-electron chi connectivity index (χ2n) is 7.04. The van der Waals surface area contributed by atoms with Gasteiger partial charge in [-0.1, -0.05) is 23.5 Å². The number of aromatic nitrogens is 1. The molecular formula is C19H22F3N5O3S. The van der Waals surface area contributed by atoms with Gasteiger partial charge in [-0.2, -0.15) is 23.3 Å². The summed E-state index contributed by atoms with van der Waals surface area (Å²) in [7, 11) is 0. The number of allylic oxidation sites excluding steroid dienone is 1. The normalized spacial score (nSPS) is 19.6. The highest BCUT2D eigenvalue weighted by Crippen LogP contribution is 2.37. The molecular weight excluding hydrogens is 435 g/mol. The van der Waals surface area contributed by atoms with Crippen molar-refractivity contribution in [2.24, 2.45) is 5.10 Å². The molecule has 0 aliphatic carbocycles. The zero-order chi connectivity index (χ0) is 21.5. The maximum absolute atomic E-state index is 13.8. The molecule has 1 fully saturated rings. The van der Waals surface area contributed by atoms with Gasteiger partial charge in [-0.05, 0) is 19.1 Å². The van der Waals surface area contributed by atoms with Crippen LogP contribution in [0.25, 0.3) is 10.2 Å². The van der Waals surface area contributed by atoms with Crippen molar-refractivity contribution in [3.63, 3.8) is 0 Å². The van der Waals surface area contributed by atoms with Gasteiger partial charge in [-0.25, -0.2) is 4.98 Å². The summed E-state index contributed by atoms with van der Waals surface area (Å²) in [5.41, 5.74) is -0.772. The molecule has 168 valence electrons. The first-order valence-corrected chi connectivity index (χ1v) is 10.3. The predicted molar refractivity (Wildman–Crippen MR) is 112 cm³/mol. The van der Waals surface area contributed by atoms with Gasteiger partial charge >= 0.3 is 6.18 Å². The average molecular weight is 457 g/mol. The predicted octanol–water partition coefficient (Wildman–Crippen LogP) is 1.62. The van der Waals surface area contributed by atoms with Crippen LogP contribution in [0.2, 0.25) is 0 Å². The van der Waals surface area contributed by atoms with Crippen molar-refractivity contribution < 1.29 is 28.5 Å². The fourth-order valence-corrected chi connectivity index (χ4v) is 4.53. The van der Waals surface area contributed by atoms with Crippen molar-refractivity contribution in [1.29, 1.82) is 0 Å². The number of halogens is 3. The van der Waals surface area contributed by atoms with Crippen molar-refractivity contribution >= 4 is 38.3 Å². The standard InChI is InChI=1S/C19H20F3N5O2S.H2O/c1-12(26-8-6-25(7-9-26)10-11-28)15-16(19(20,21)22)24-27(17(15)29)18-23-13-4-2-3-5-14(13)30-18;/h2-5,28H,6-11H2,1H3;1H2/b15-12+;. The number of benzene rings is 1. The molecule has 1 saturated heterocycles. The Labute approximate surface area is 180 Å². The number of aliphatic hydroxyl groups is 1. The fraction of sp³-hybridized carbons (Fsp3) is 0.421. The molecule has 0 radical (unpaired) electrons. The molecule has 0 saturated carbocycles. The maximum Gasteiger partial charge on any atom is 0.436 e. The van der Waals surface area contributed by atoms with Gasteiger partial charge in [0.05, 0.1) is 22.4 Å². The summed E-state index contributed by atoms with van der Waals surface area (Å²) in [6.45, 7) is 4.20. The number of alkyl halides is 3. The first kappa shape index (κ1) is 23.1. The minimum absolute atomic E-state index is 0. The number of thiazole rings is 1. The summed E-state index contributed by atoms with van der Waals surface area (Å²) in [4.78, 5) is 21.1. The lowest BCUT2D eigenvalue weighted by Gasteiger charge is -2.36. The molecule has 0 spiro atoms. The van der Waals surface area contributed by atoms with Gasteiger partial charge in [0, 0.05) is 38.4 Å². The zero-order valence-corrected chi connectivity index (χ0v) is 17.5. The van der Waals surface area contributed by atoms with Crippen molar-refractivity contribution in [2.45, 2.75) is 13.1 Å². The summed E-state index contributed by atoms with van der Waals surface area (Å²) in [6.07, 6.45) is -4.77. The Balaban J connectivity index is 0.00000272. The lowest BCUT2D eigenvalue weighted by Crippen LogP contribution is -2.47. The number of anilines is 1. The molecule has 3 N–H and O–H groups in total. The minimum Gasteiger partial charge on any atom is -0.412 e. The lowest BCUT2D eigenvalue weighted by atomic mass is 10.1. The number of aliphatic hydroxyl groups excluding tert-OH is 1. The molecule has 2 aliphatic rings. The van der Waals surface area contributed by atoms with Gasteiger partial charge in [0.1, 0.15) is 0 Å². The summed E-state index contributed by atoms with van der Waals surface area (Å²) in [5, 5.41) is 13.6. The molecule has 1 aromatic heterocycles. The van der Waals surface area contributed by atoms with Crippen LogP contribution in [0.4, 0.5) is 18.3 Å². The van der Waals surface area contributed by atoms with Crippen molar-refractivity contribution in [2.75, 3.05) is 44.3 Å². The summed E-state index contributed by atoms with van der Waals surface area (Å²) < 4.78 is 42.0. The van der Waals surface area contributed by atoms with E-state index in [1.165, 1.54) is 6.92 Å². The van der Waals surface area contributed by atoms with E-state index in [1.54, 1.807) is 29.2 Å². The van der Waals surface area contributed by atoms with Crippen molar-refractivity contribution in [1.82, 2.24) is 14.8 Å². The molecule has 0 unspecified atom stereocenters. The molecule has 0 bridgehead atoms. The SMILES string of the molecule is C/C(=C1\C(=O)N(c2nc3ccccc3s2)N=C1C(F)(F)F)N1CCN(CCO)CC1.O. The van der Waals surface area contributed by atoms with Gasteiger partial charge in [0.2, 0.25) is 5.13 Å². The van der Waals surface area contributed by atoms with E-state index in [2.05, 4.69) is 10.1 Å². The smallest absolute Gasteiger partial charge is 0.412 e. The van der Waals surface area contributed by atoms with E-state index in [-0.39, 0.29) is 22.9 Å². The first-order chi connectivity index (χ1) is 14.3. The van der Waals surface area contributed by atoms with Crippen LogP contribution in [-0.2, 0) is 4.79 Å². The van der Waals surface area contributed by atoms with Crippen LogP contribution in [0.1, 0.15) is 6.92 Å². The van der Waals surface area contributed by atoms with Crippen molar-refractivity contribution in [3.8, 4) is 0 Å². The first-order valence-electron chi connectivity index (χ1n) is 9.45. The molecule has 8 nitrogen and oxygen atoms in total. The Hall–Kier alpha value is -2.54. The minimum atomic E-state index is -4.77. The van der Waals surface area contributed by atoms with Crippen LogP contribution in [0.5, 0.6) is 0 Å². The quantitative estimate of drug-likeness (QED) is 0.703. The third-order valence-corrected chi connectivity index (χ3v) is 6.21. The number of piperazine rings is 1. The number of para-hydroxylation sites is 1. The van der Waals surface area contributed by atoms with E-state index < -0.39 is 23.4 Å². The Morgan fingerprint density at radius 1 is 1.19 bits per heavy atom. The second-order valence-corrected chi connectivity index (χ2v) is 8.05. The number of rotatable bonds is 4. The van der Waals surface area contributed by atoms with Gasteiger partial charge in [0.25, 0.3) is 5.91 Å². The number of hydrogen-bond donors (Lipinski definition) is 1. The summed E-state index contributed by atoms with van der Waals surface area (Å²) >= 11 is 1.12. The van der Waals surface area contributed by atoms with E-state index in [4.69, 9.17) is 5.11 Å². The zero-order valence-electron chi connectivity index (χ0n) is 16.7. The molecule has 1 aromatic carbocycles. The van der Waals surface area contributed by atoms with Crippen LogP contribution in [0, 0.1) is 0 Å². The van der Waals surface area contributed by atoms with E-state index in [0.717, 1.165) is 21.0 Å². The molecule has 0 atom stereocenters. The van der Waals surface area contributed by atoms with E-state index in [0.29, 0.717) is 38.2 Å². The number of β-amino-alcohol motifs (C(OH)–C–C–N with tert-alkyl or cyclic N) is 1. The Bertz CT molecular complexity index is 995. The van der Waals surface area contributed by atoms with Gasteiger partial charge in [-0.15, -0.1) is 0 Å². The summed E-state index contributed by atoms with van der Waals surface area (Å²) in [6, 6.07) is 7.10. The van der Waals surface area contributed by atoms with Gasteiger partial charge < -0.3 is 15.5 Å². The number of carbonyl (C=O) groups is 1. The topological polar surface area (TPSA) is 104 Å². The Morgan fingerprint density at radius 3 is 2.48 bits per heavy atom. The highest BCUT2D eigenvalue weighted by molar-refractivity contribution is 7.22. The van der Waals surface area contributed by atoms with Crippen LogP contribution >= 0.6 is 11.3 Å². The van der Waals surface area contributed by atoms with Crippen LogP contribution in [0.15, 0.2) is 40.6 Å². The number of hydrogen-bond acceptors (Lipinski definition) is 7. The van der Waals surface area contributed by atoms with Gasteiger partial charge in [-0.3, -0.25) is 9.69 Å². The molecule has 1 amide bonds.